The van der Waals surface area contributed by atoms with E-state index in [2.05, 4.69) is 10.2 Å². The molecule has 4 aromatic rings. The van der Waals surface area contributed by atoms with Gasteiger partial charge in [-0.05, 0) is 11.6 Å². The number of nitrogens with zero attached hydrogens (tertiary/aromatic N) is 2. The second-order valence-corrected chi connectivity index (χ2v) is 5.26. The summed E-state index contributed by atoms with van der Waals surface area (Å²) in [6, 6.07) is 17.3. The number of nitrogens with one attached hydrogen (secondary N) is 1. The van der Waals surface area contributed by atoms with Crippen LogP contribution in [0.15, 0.2) is 59.4 Å². The van der Waals surface area contributed by atoms with Crippen LogP contribution in [-0.4, -0.2) is 14.8 Å². The van der Waals surface area contributed by atoms with Crippen LogP contribution in [-0.2, 0) is 6.54 Å². The van der Waals surface area contributed by atoms with Crippen LogP contribution in [0.4, 0.5) is 5.82 Å². The van der Waals surface area contributed by atoms with Crippen molar-refractivity contribution in [3.05, 3.63) is 70.5 Å². The average molecular weight is 290 g/mol. The van der Waals surface area contributed by atoms with E-state index in [1.807, 2.05) is 54.6 Å². The molecule has 0 radical (unpaired) electrons. The Morgan fingerprint density at radius 2 is 1.68 bits per heavy atom. The number of aromatic nitrogens is 3. The number of hydrogen-bond acceptors (Lipinski definition) is 3. The lowest BCUT2D eigenvalue weighted by atomic mass is 10.1. The summed E-state index contributed by atoms with van der Waals surface area (Å²) in [7, 11) is 0. The molecule has 3 N–H and O–H groups in total. The molecule has 0 atom stereocenters. The average Bonchev–Trinajstić information content (AvgIpc) is 2.94. The van der Waals surface area contributed by atoms with Gasteiger partial charge in [-0.3, -0.25) is 14.5 Å². The SMILES string of the molecule is Nc1[nH]nc2c1c1ccccc1c(=O)n2Cc1ccccc1. The van der Waals surface area contributed by atoms with Crippen LogP contribution in [0.5, 0.6) is 0 Å². The molecule has 0 amide bonds. The standard InChI is InChI=1S/C17H14N4O/c18-15-14-12-8-4-5-9-13(12)17(22)21(16(14)20-19-15)10-11-6-2-1-3-7-11/h1-9H,10H2,(H3,18,19,20). The molecular formula is C17H14N4O. The maximum absolute atomic E-state index is 12.8. The van der Waals surface area contributed by atoms with Crippen molar-refractivity contribution >= 4 is 27.6 Å². The third-order valence-corrected chi connectivity index (χ3v) is 3.89. The summed E-state index contributed by atoms with van der Waals surface area (Å²) in [6.07, 6.45) is 0. The van der Waals surface area contributed by atoms with Gasteiger partial charge >= 0.3 is 0 Å². The Balaban J connectivity index is 2.08. The number of nitrogen functional groups attached to an aromatic ring is 1. The second-order valence-electron chi connectivity index (χ2n) is 5.26. The quantitative estimate of drug-likeness (QED) is 0.595. The fourth-order valence-electron chi connectivity index (χ4n) is 2.85. The Bertz CT molecular complexity index is 1030. The molecule has 0 bridgehead atoms. The molecule has 2 aromatic heterocycles. The molecule has 0 aliphatic rings. The summed E-state index contributed by atoms with van der Waals surface area (Å²) < 4.78 is 1.67. The van der Waals surface area contributed by atoms with E-state index in [0.717, 1.165) is 16.3 Å². The summed E-state index contributed by atoms with van der Waals surface area (Å²) >= 11 is 0. The lowest BCUT2D eigenvalue weighted by molar-refractivity contribution is 0.787. The molecular weight excluding hydrogens is 276 g/mol. The first-order valence-electron chi connectivity index (χ1n) is 7.05. The lowest BCUT2D eigenvalue weighted by Gasteiger charge is -2.09. The maximum Gasteiger partial charge on any atom is 0.260 e. The van der Waals surface area contributed by atoms with E-state index in [1.165, 1.54) is 0 Å². The lowest BCUT2D eigenvalue weighted by Crippen LogP contribution is -2.21. The molecule has 0 fully saturated rings. The summed E-state index contributed by atoms with van der Waals surface area (Å²) in [5.41, 5.74) is 7.60. The van der Waals surface area contributed by atoms with E-state index in [0.29, 0.717) is 23.4 Å². The predicted molar refractivity (Wildman–Crippen MR) is 87.8 cm³/mol. The highest BCUT2D eigenvalue weighted by Crippen LogP contribution is 2.26. The summed E-state index contributed by atoms with van der Waals surface area (Å²) in [5.74, 6) is 0.480. The van der Waals surface area contributed by atoms with Crippen LogP contribution >= 0.6 is 0 Å². The molecule has 4 rings (SSSR count). The normalized spacial score (nSPS) is 11.3. The molecule has 0 unspecified atom stereocenters. The Hall–Kier alpha value is -3.08. The zero-order chi connectivity index (χ0) is 15.1. The Kier molecular flexibility index (Phi) is 2.72. The molecule has 5 heteroatoms. The van der Waals surface area contributed by atoms with Crippen LogP contribution in [0.2, 0.25) is 0 Å². The zero-order valence-corrected chi connectivity index (χ0v) is 11.8. The second kappa shape index (κ2) is 4.73. The number of anilines is 1. The molecule has 22 heavy (non-hydrogen) atoms. The van der Waals surface area contributed by atoms with Crippen LogP contribution in [0, 0.1) is 0 Å². The van der Waals surface area contributed by atoms with E-state index in [4.69, 9.17) is 5.73 Å². The van der Waals surface area contributed by atoms with Gasteiger partial charge in [0, 0.05) is 10.8 Å². The molecule has 0 saturated heterocycles. The van der Waals surface area contributed by atoms with Crippen LogP contribution in [0.25, 0.3) is 21.8 Å². The number of nitrogens with two attached hydrogens (primary N) is 1. The smallest absolute Gasteiger partial charge is 0.260 e. The van der Waals surface area contributed by atoms with Gasteiger partial charge in [-0.25, -0.2) is 0 Å². The largest absolute Gasteiger partial charge is 0.383 e. The van der Waals surface area contributed by atoms with Crippen LogP contribution < -0.4 is 11.3 Å². The molecule has 108 valence electrons. The minimum absolute atomic E-state index is 0.0570. The molecule has 0 saturated carbocycles. The number of pyridine rings is 1. The topological polar surface area (TPSA) is 76.7 Å². The first-order chi connectivity index (χ1) is 10.8. The van der Waals surface area contributed by atoms with Gasteiger partial charge in [0.15, 0.2) is 5.65 Å². The molecule has 2 aromatic carbocycles. The number of aromatic amines is 1. The minimum Gasteiger partial charge on any atom is -0.383 e. The van der Waals surface area contributed by atoms with Crippen molar-refractivity contribution in [1.82, 2.24) is 14.8 Å². The summed E-state index contributed by atoms with van der Waals surface area (Å²) in [6.45, 7) is 0.464. The minimum atomic E-state index is -0.0570. The highest BCUT2D eigenvalue weighted by Gasteiger charge is 2.15. The first kappa shape index (κ1) is 12.6. The van der Waals surface area contributed by atoms with Gasteiger partial charge in [0.2, 0.25) is 0 Å². The van der Waals surface area contributed by atoms with Gasteiger partial charge in [0.05, 0.1) is 11.9 Å². The van der Waals surface area contributed by atoms with E-state index in [-0.39, 0.29) is 5.56 Å². The molecule has 0 aliphatic carbocycles. The fourth-order valence-corrected chi connectivity index (χ4v) is 2.85. The Labute approximate surface area is 126 Å². The van der Waals surface area contributed by atoms with Crippen molar-refractivity contribution in [2.45, 2.75) is 6.54 Å². The summed E-state index contributed by atoms with van der Waals surface area (Å²) in [4.78, 5) is 12.8. The zero-order valence-electron chi connectivity index (χ0n) is 11.8. The summed E-state index contributed by atoms with van der Waals surface area (Å²) in [5, 5.41) is 9.31. The van der Waals surface area contributed by atoms with Gasteiger partial charge < -0.3 is 5.73 Å². The van der Waals surface area contributed by atoms with Crippen molar-refractivity contribution in [2.24, 2.45) is 0 Å². The number of benzene rings is 2. The van der Waals surface area contributed by atoms with Gasteiger partial charge in [-0.2, -0.15) is 5.10 Å². The molecule has 5 nitrogen and oxygen atoms in total. The van der Waals surface area contributed by atoms with Crippen molar-refractivity contribution in [3.63, 3.8) is 0 Å². The molecule has 0 aliphatic heterocycles. The number of hydrogen-bond donors (Lipinski definition) is 2. The molecule has 0 spiro atoms. The van der Waals surface area contributed by atoms with E-state index < -0.39 is 0 Å². The third kappa shape index (κ3) is 1.79. The van der Waals surface area contributed by atoms with Gasteiger partial charge in [0.25, 0.3) is 5.56 Å². The Morgan fingerprint density at radius 1 is 1.00 bits per heavy atom. The van der Waals surface area contributed by atoms with E-state index >= 15 is 0 Å². The maximum atomic E-state index is 12.8. The van der Waals surface area contributed by atoms with Crippen molar-refractivity contribution in [1.29, 1.82) is 0 Å². The number of fused-ring (bicyclic) bond motifs is 3. The van der Waals surface area contributed by atoms with Crippen LogP contribution in [0.1, 0.15) is 5.56 Å². The number of rotatable bonds is 2. The highest BCUT2D eigenvalue weighted by molar-refractivity contribution is 6.09. The third-order valence-electron chi connectivity index (χ3n) is 3.89. The fraction of sp³-hybridized carbons (Fsp3) is 0.0588. The van der Waals surface area contributed by atoms with E-state index in [1.54, 1.807) is 4.57 Å². The monoisotopic (exact) mass is 290 g/mol. The Morgan fingerprint density at radius 3 is 2.45 bits per heavy atom. The van der Waals surface area contributed by atoms with Gasteiger partial charge in [-0.1, -0.05) is 48.5 Å². The van der Waals surface area contributed by atoms with Gasteiger partial charge in [0.1, 0.15) is 5.82 Å². The van der Waals surface area contributed by atoms with Crippen LogP contribution in [0.3, 0.4) is 0 Å². The highest BCUT2D eigenvalue weighted by atomic mass is 16.1. The van der Waals surface area contributed by atoms with Gasteiger partial charge in [-0.15, -0.1) is 0 Å². The van der Waals surface area contributed by atoms with Crippen molar-refractivity contribution in [2.75, 3.05) is 5.73 Å². The molecule has 2 heterocycles. The first-order valence-corrected chi connectivity index (χ1v) is 7.05. The van der Waals surface area contributed by atoms with Crippen molar-refractivity contribution in [3.8, 4) is 0 Å². The van der Waals surface area contributed by atoms with E-state index in [9.17, 15) is 4.79 Å². The van der Waals surface area contributed by atoms with Crippen molar-refractivity contribution < 1.29 is 0 Å². The predicted octanol–water partition coefficient (Wildman–Crippen LogP) is 2.51. The number of H-pyrrole nitrogens is 1.